The third-order valence-corrected chi connectivity index (χ3v) is 1.59. The van der Waals surface area contributed by atoms with Crippen LogP contribution in [0, 0.1) is 0 Å². The normalized spacial score (nSPS) is 8.75. The molecule has 0 unspecified atom stereocenters. The first kappa shape index (κ1) is 13.6. The third-order valence-electron chi connectivity index (χ3n) is 1.04. The minimum atomic E-state index is -4.27. The maximum Gasteiger partial charge on any atom is 0.321 e. The zero-order valence-electron chi connectivity index (χ0n) is 7.74. The Hall–Kier alpha value is -2.41. The van der Waals surface area contributed by atoms with Gasteiger partial charge in [0.05, 0.1) is 0 Å². The average Bonchev–Trinajstić information content (AvgIpc) is 2.19. The first-order valence-electron chi connectivity index (χ1n) is 3.63. The van der Waals surface area contributed by atoms with Crippen molar-refractivity contribution in [1.29, 1.82) is 0 Å². The average molecular weight is 242 g/mol. The fraction of sp³-hybridized carbons (Fsp3) is 0. The van der Waals surface area contributed by atoms with E-state index in [1.165, 1.54) is 0 Å². The van der Waals surface area contributed by atoms with E-state index in [-0.39, 0.29) is 0 Å². The van der Waals surface area contributed by atoms with Gasteiger partial charge in [0.2, 0.25) is 0 Å². The number of hydrogen-bond donors (Lipinski definition) is 1. The Balaban J connectivity index is 0.000000288. The van der Waals surface area contributed by atoms with E-state index in [9.17, 15) is 8.42 Å². The second-order valence-corrected chi connectivity index (χ2v) is 3.35. The SMILES string of the molecule is Oc1ccccc1.[N-]=[N+]=NS(=O)(=O)N=[N+]=[N-]. The van der Waals surface area contributed by atoms with Crippen LogP contribution in [0.4, 0.5) is 0 Å². The molecule has 1 N–H and O–H groups in total. The fourth-order valence-corrected chi connectivity index (χ4v) is 0.754. The van der Waals surface area contributed by atoms with Gasteiger partial charge in [-0.1, -0.05) is 18.2 Å². The Labute approximate surface area is 90.4 Å². The summed E-state index contributed by atoms with van der Waals surface area (Å²) in [5.41, 5.74) is 15.0. The van der Waals surface area contributed by atoms with Crippen molar-refractivity contribution in [1.82, 2.24) is 0 Å². The van der Waals surface area contributed by atoms with Crippen molar-refractivity contribution in [2.45, 2.75) is 0 Å². The lowest BCUT2D eigenvalue weighted by atomic mass is 10.3. The lowest BCUT2D eigenvalue weighted by Crippen LogP contribution is -1.82. The summed E-state index contributed by atoms with van der Waals surface area (Å²) in [5, 5.41) is 8.63. The highest BCUT2D eigenvalue weighted by Gasteiger charge is 1.99. The third kappa shape index (κ3) is 7.04. The molecule has 0 radical (unpaired) electrons. The highest BCUT2D eigenvalue weighted by molar-refractivity contribution is 7.88. The number of phenols is 1. The summed E-state index contributed by atoms with van der Waals surface area (Å²) in [6.45, 7) is 0. The van der Waals surface area contributed by atoms with E-state index in [0.717, 1.165) is 0 Å². The van der Waals surface area contributed by atoms with E-state index < -0.39 is 10.2 Å². The van der Waals surface area contributed by atoms with Crippen LogP contribution < -0.4 is 0 Å². The molecule has 0 bridgehead atoms. The van der Waals surface area contributed by atoms with Crippen molar-refractivity contribution in [2.75, 3.05) is 0 Å². The molecule has 0 saturated carbocycles. The van der Waals surface area contributed by atoms with Gasteiger partial charge in [0.15, 0.2) is 0 Å². The minimum absolute atomic E-state index is 0.322. The summed E-state index contributed by atoms with van der Waals surface area (Å²) >= 11 is 0. The molecule has 0 atom stereocenters. The molecule has 0 amide bonds. The van der Waals surface area contributed by atoms with E-state index in [1.807, 2.05) is 15.9 Å². The molecule has 0 aliphatic carbocycles. The van der Waals surface area contributed by atoms with Gasteiger partial charge < -0.3 is 5.11 Å². The second kappa shape index (κ2) is 6.96. The Morgan fingerprint density at radius 3 is 1.75 bits per heavy atom. The van der Waals surface area contributed by atoms with Gasteiger partial charge in [-0.05, 0) is 23.2 Å². The number of azide groups is 1. The highest BCUT2D eigenvalue weighted by atomic mass is 32.2. The van der Waals surface area contributed by atoms with E-state index in [0.29, 0.717) is 5.75 Å². The molecule has 0 spiro atoms. The number of phenolic OH excluding ortho intramolecular Hbond substituents is 1. The van der Waals surface area contributed by atoms with Crippen LogP contribution in [0.5, 0.6) is 5.75 Å². The maximum atomic E-state index is 9.99. The number of rotatable bonds is 2. The monoisotopic (exact) mass is 242 g/mol. The smallest absolute Gasteiger partial charge is 0.321 e. The van der Waals surface area contributed by atoms with E-state index in [2.05, 4.69) is 9.04 Å². The van der Waals surface area contributed by atoms with Gasteiger partial charge in [-0.2, -0.15) is 0 Å². The molecule has 1 aromatic carbocycles. The summed E-state index contributed by atoms with van der Waals surface area (Å²) in [7, 11) is -4.27. The van der Waals surface area contributed by atoms with Crippen molar-refractivity contribution >= 4 is 10.2 Å². The Kier molecular flexibility index (Phi) is 5.91. The largest absolute Gasteiger partial charge is 0.508 e. The van der Waals surface area contributed by atoms with Crippen LogP contribution in [-0.2, 0) is 10.2 Å². The van der Waals surface area contributed by atoms with Crippen molar-refractivity contribution < 1.29 is 13.5 Å². The van der Waals surface area contributed by atoms with Gasteiger partial charge in [-0.25, -0.2) is 8.42 Å². The number of para-hydroxylation sites is 1. The number of nitrogens with zero attached hydrogens (tertiary/aromatic N) is 6. The van der Waals surface area contributed by atoms with Gasteiger partial charge in [0.1, 0.15) is 5.75 Å². The zero-order chi connectivity index (χ0) is 12.4. The van der Waals surface area contributed by atoms with E-state index in [4.69, 9.17) is 16.2 Å². The Bertz CT molecular complexity index is 490. The molecule has 0 heterocycles. The van der Waals surface area contributed by atoms with Crippen molar-refractivity contribution in [3.8, 4) is 5.75 Å². The molecule has 1 aromatic rings. The van der Waals surface area contributed by atoms with E-state index >= 15 is 0 Å². The minimum Gasteiger partial charge on any atom is -0.508 e. The predicted molar refractivity (Wildman–Crippen MR) is 55.3 cm³/mol. The van der Waals surface area contributed by atoms with Crippen molar-refractivity contribution in [2.24, 2.45) is 9.04 Å². The van der Waals surface area contributed by atoms with Gasteiger partial charge in [0, 0.05) is 18.9 Å². The summed E-state index contributed by atoms with van der Waals surface area (Å²) < 4.78 is 24.3. The van der Waals surface area contributed by atoms with E-state index in [1.54, 1.807) is 24.3 Å². The van der Waals surface area contributed by atoms with Crippen LogP contribution in [0.15, 0.2) is 39.4 Å². The van der Waals surface area contributed by atoms with Crippen molar-refractivity contribution in [3.63, 3.8) is 0 Å². The quantitative estimate of drug-likeness (QED) is 0.480. The molecule has 1 rings (SSSR count). The maximum absolute atomic E-state index is 9.99. The van der Waals surface area contributed by atoms with Crippen LogP contribution in [0.1, 0.15) is 0 Å². The van der Waals surface area contributed by atoms with Gasteiger partial charge in [-0.15, -0.1) is 0 Å². The summed E-state index contributed by atoms with van der Waals surface area (Å²) in [6, 6.07) is 8.71. The van der Waals surface area contributed by atoms with Gasteiger partial charge >= 0.3 is 10.2 Å². The van der Waals surface area contributed by atoms with Crippen molar-refractivity contribution in [3.05, 3.63) is 51.2 Å². The summed E-state index contributed by atoms with van der Waals surface area (Å²) in [5.74, 6) is 0.322. The first-order valence-corrected chi connectivity index (χ1v) is 5.03. The second-order valence-electron chi connectivity index (χ2n) is 2.13. The molecular formula is C6H6N6O3S. The predicted octanol–water partition coefficient (Wildman–Crippen LogP) is 2.24. The molecule has 0 saturated heterocycles. The molecular weight excluding hydrogens is 236 g/mol. The lowest BCUT2D eigenvalue weighted by molar-refractivity contribution is 0.475. The highest BCUT2D eigenvalue weighted by Crippen LogP contribution is 2.02. The molecule has 0 fully saturated rings. The molecule has 16 heavy (non-hydrogen) atoms. The number of hydrogen-bond acceptors (Lipinski definition) is 3. The molecule has 0 aliphatic heterocycles. The fourth-order valence-electron chi connectivity index (χ4n) is 0.537. The Morgan fingerprint density at radius 1 is 1.06 bits per heavy atom. The molecule has 84 valence electrons. The lowest BCUT2D eigenvalue weighted by Gasteiger charge is -1.82. The summed E-state index contributed by atoms with van der Waals surface area (Å²) in [6.07, 6.45) is 0. The van der Waals surface area contributed by atoms with Crippen LogP contribution in [-0.4, -0.2) is 13.5 Å². The number of benzene rings is 1. The molecule has 10 heteroatoms. The summed E-state index contributed by atoms with van der Waals surface area (Å²) in [4.78, 5) is 3.80. The van der Waals surface area contributed by atoms with Gasteiger partial charge in [0.25, 0.3) is 0 Å². The van der Waals surface area contributed by atoms with Gasteiger partial charge in [-0.3, -0.25) is 0 Å². The molecule has 9 nitrogen and oxygen atoms in total. The Morgan fingerprint density at radius 2 is 1.50 bits per heavy atom. The zero-order valence-corrected chi connectivity index (χ0v) is 8.56. The van der Waals surface area contributed by atoms with Crippen LogP contribution >= 0.6 is 0 Å². The first-order chi connectivity index (χ1) is 7.52. The molecule has 0 aliphatic rings. The standard InChI is InChI=1S/C6H6O.N6O2S/c7-6-4-2-1-3-5-6;1-3-5-9(7,8)6-4-2/h1-5,7H;. The van der Waals surface area contributed by atoms with Crippen LogP contribution in [0.3, 0.4) is 0 Å². The molecule has 0 aromatic heterocycles. The van der Waals surface area contributed by atoms with Crippen LogP contribution in [0.2, 0.25) is 0 Å². The number of aromatic hydroxyl groups is 1. The topological polar surface area (TPSA) is 152 Å². The van der Waals surface area contributed by atoms with Crippen LogP contribution in [0.25, 0.3) is 20.9 Å².